The minimum absolute atomic E-state index is 0.0928. The number of benzene rings is 3. The fourth-order valence-electron chi connectivity index (χ4n) is 5.79. The summed E-state index contributed by atoms with van der Waals surface area (Å²) in [7, 11) is 0. The molecule has 7 nitrogen and oxygen atoms in total. The van der Waals surface area contributed by atoms with Crippen molar-refractivity contribution < 1.29 is 4.79 Å². The molecule has 1 aliphatic heterocycles. The summed E-state index contributed by atoms with van der Waals surface area (Å²) in [5.74, 6) is 0.521. The number of nitrogens with zero attached hydrogens (tertiary/aromatic N) is 4. The molecule has 0 radical (unpaired) electrons. The Morgan fingerprint density at radius 3 is 2.55 bits per heavy atom. The lowest BCUT2D eigenvalue weighted by Crippen LogP contribution is -2.48. The van der Waals surface area contributed by atoms with Gasteiger partial charge in [0.25, 0.3) is 0 Å². The van der Waals surface area contributed by atoms with Crippen LogP contribution in [0.25, 0.3) is 11.3 Å². The first-order chi connectivity index (χ1) is 19.5. The summed E-state index contributed by atoms with van der Waals surface area (Å²) in [6, 6.07) is 22.8. The molecule has 0 bridgehead atoms. The maximum Gasteiger partial charge on any atom is 0.321 e. The lowest BCUT2D eigenvalue weighted by Gasteiger charge is -2.45. The van der Waals surface area contributed by atoms with Crippen LogP contribution in [-0.4, -0.2) is 34.0 Å². The van der Waals surface area contributed by atoms with Crippen molar-refractivity contribution in [1.29, 1.82) is 5.26 Å². The van der Waals surface area contributed by atoms with E-state index in [1.807, 2.05) is 35.4 Å². The van der Waals surface area contributed by atoms with E-state index in [1.165, 1.54) is 5.56 Å². The van der Waals surface area contributed by atoms with Crippen molar-refractivity contribution in [2.75, 3.05) is 23.7 Å². The van der Waals surface area contributed by atoms with Gasteiger partial charge in [0, 0.05) is 58.1 Å². The van der Waals surface area contributed by atoms with Crippen molar-refractivity contribution in [2.24, 2.45) is 0 Å². The van der Waals surface area contributed by atoms with Crippen molar-refractivity contribution in [3.05, 3.63) is 105 Å². The smallest absolute Gasteiger partial charge is 0.321 e. The number of hydrogen-bond acceptors (Lipinski definition) is 5. The van der Waals surface area contributed by atoms with Crippen LogP contribution < -0.4 is 10.6 Å². The van der Waals surface area contributed by atoms with E-state index in [0.717, 1.165) is 41.6 Å². The molecule has 1 aromatic heterocycles. The summed E-state index contributed by atoms with van der Waals surface area (Å²) in [6.07, 6.45) is 4.40. The third kappa shape index (κ3) is 4.97. The van der Waals surface area contributed by atoms with E-state index >= 15 is 0 Å². The van der Waals surface area contributed by atoms with Crippen LogP contribution in [0.15, 0.2) is 72.9 Å². The number of nitriles is 1. The van der Waals surface area contributed by atoms with Crippen molar-refractivity contribution in [3.8, 4) is 17.3 Å². The first-order valence-electron chi connectivity index (χ1n) is 13.1. The molecule has 200 valence electrons. The van der Waals surface area contributed by atoms with Gasteiger partial charge in [0.1, 0.15) is 0 Å². The minimum atomic E-state index is -0.146. The number of carbonyl (C=O) groups is 1. The van der Waals surface area contributed by atoms with E-state index in [2.05, 4.69) is 39.9 Å². The molecule has 2 heterocycles. The van der Waals surface area contributed by atoms with Gasteiger partial charge in [-0.25, -0.2) is 14.8 Å². The zero-order valence-electron chi connectivity index (χ0n) is 21.6. The molecule has 6 rings (SSSR count). The second-order valence-corrected chi connectivity index (χ2v) is 11.0. The Bertz CT molecular complexity index is 1620. The molecule has 0 atom stereocenters. The highest BCUT2D eigenvalue weighted by Crippen LogP contribution is 2.48. The van der Waals surface area contributed by atoms with Gasteiger partial charge in [-0.1, -0.05) is 59.6 Å². The van der Waals surface area contributed by atoms with Crippen molar-refractivity contribution >= 4 is 40.9 Å². The third-order valence-corrected chi connectivity index (χ3v) is 8.59. The molecule has 3 aromatic carbocycles. The average molecular weight is 569 g/mol. The van der Waals surface area contributed by atoms with E-state index in [4.69, 9.17) is 33.4 Å². The number of carbonyl (C=O) groups excluding carboxylic acids is 1. The van der Waals surface area contributed by atoms with Crippen molar-refractivity contribution in [2.45, 2.75) is 31.2 Å². The van der Waals surface area contributed by atoms with Crippen LogP contribution in [-0.2, 0) is 18.4 Å². The van der Waals surface area contributed by atoms with Gasteiger partial charge in [-0.2, -0.15) is 5.26 Å². The standard InChI is InChI=1S/C31H26Cl2N6O/c32-26-9-4-10-27(33)24(26)19-36-29-35-18-21-16-31(25-8-2-1-7-23(25)28(21)38-29)11-13-39(14-12-31)30(40)37-22-6-3-5-20(15-22)17-34/h1-10,15,18H,11-14,16,19H2,(H,37,40)(H,35,36,38). The van der Waals surface area contributed by atoms with Crippen LogP contribution in [0.3, 0.4) is 0 Å². The number of aromatic nitrogens is 2. The Labute approximate surface area is 242 Å². The maximum atomic E-state index is 13.0. The quantitative estimate of drug-likeness (QED) is 0.275. The molecule has 1 saturated heterocycles. The summed E-state index contributed by atoms with van der Waals surface area (Å²) in [5, 5.41) is 16.6. The van der Waals surface area contributed by atoms with Gasteiger partial charge in [0.15, 0.2) is 0 Å². The fraction of sp³-hybridized carbons (Fsp3) is 0.226. The molecule has 4 aromatic rings. The Hall–Kier alpha value is -4.12. The molecule has 2 N–H and O–H groups in total. The van der Waals surface area contributed by atoms with Crippen LogP contribution in [0, 0.1) is 11.3 Å². The second kappa shape index (κ2) is 10.8. The van der Waals surface area contributed by atoms with E-state index in [-0.39, 0.29) is 11.4 Å². The molecule has 9 heteroatoms. The average Bonchev–Trinajstić information content (AvgIpc) is 2.98. The number of fused-ring (bicyclic) bond motifs is 4. The Morgan fingerprint density at radius 1 is 1.02 bits per heavy atom. The highest BCUT2D eigenvalue weighted by molar-refractivity contribution is 6.36. The van der Waals surface area contributed by atoms with Gasteiger partial charge in [0.05, 0.1) is 17.3 Å². The normalized spacial score (nSPS) is 15.1. The van der Waals surface area contributed by atoms with Crippen molar-refractivity contribution in [3.63, 3.8) is 0 Å². The third-order valence-electron chi connectivity index (χ3n) is 7.88. The largest absolute Gasteiger partial charge is 0.350 e. The zero-order valence-corrected chi connectivity index (χ0v) is 23.1. The van der Waals surface area contributed by atoms with Gasteiger partial charge in [0.2, 0.25) is 5.95 Å². The van der Waals surface area contributed by atoms with Crippen molar-refractivity contribution in [1.82, 2.24) is 14.9 Å². The first-order valence-corrected chi connectivity index (χ1v) is 13.9. The fourth-order valence-corrected chi connectivity index (χ4v) is 6.32. The summed E-state index contributed by atoms with van der Waals surface area (Å²) >= 11 is 12.7. The highest BCUT2D eigenvalue weighted by Gasteiger charge is 2.42. The monoisotopic (exact) mass is 568 g/mol. The summed E-state index contributed by atoms with van der Waals surface area (Å²) in [4.78, 5) is 24.4. The first kappa shape index (κ1) is 26.1. The van der Waals surface area contributed by atoms with Gasteiger partial charge >= 0.3 is 6.03 Å². The number of anilines is 2. The predicted molar refractivity (Wildman–Crippen MR) is 158 cm³/mol. The van der Waals surface area contributed by atoms with E-state index in [9.17, 15) is 4.79 Å². The van der Waals surface area contributed by atoms with Gasteiger partial charge in [-0.05, 0) is 60.7 Å². The number of nitrogens with one attached hydrogen (secondary N) is 2. The highest BCUT2D eigenvalue weighted by atomic mass is 35.5. The van der Waals surface area contributed by atoms with Gasteiger partial charge < -0.3 is 15.5 Å². The number of halogens is 2. The molecule has 0 unspecified atom stereocenters. The number of amides is 2. The van der Waals surface area contributed by atoms with Crippen LogP contribution in [0.1, 0.15) is 35.1 Å². The molecular weight excluding hydrogens is 543 g/mol. The number of piperidine rings is 1. The van der Waals surface area contributed by atoms with Gasteiger partial charge in [-0.15, -0.1) is 0 Å². The SMILES string of the molecule is N#Cc1cccc(NC(=O)N2CCC3(CC2)Cc2cnc(NCc4c(Cl)cccc4Cl)nc2-c2ccccc23)c1. The number of urea groups is 1. The van der Waals surface area contributed by atoms with E-state index < -0.39 is 0 Å². The summed E-state index contributed by atoms with van der Waals surface area (Å²) in [6.45, 7) is 1.68. The molecule has 0 saturated carbocycles. The topological polar surface area (TPSA) is 93.9 Å². The lowest BCUT2D eigenvalue weighted by molar-refractivity contribution is 0.166. The Kier molecular flexibility index (Phi) is 7.05. The lowest BCUT2D eigenvalue weighted by atomic mass is 9.64. The molecular formula is C31H26Cl2N6O. The molecule has 1 aliphatic carbocycles. The minimum Gasteiger partial charge on any atom is -0.350 e. The molecule has 40 heavy (non-hydrogen) atoms. The van der Waals surface area contributed by atoms with Crippen LogP contribution in [0.2, 0.25) is 10.0 Å². The molecule has 2 amide bonds. The Morgan fingerprint density at radius 2 is 1.77 bits per heavy atom. The predicted octanol–water partition coefficient (Wildman–Crippen LogP) is 7.06. The summed E-state index contributed by atoms with van der Waals surface area (Å²) in [5.41, 5.74) is 6.26. The van der Waals surface area contributed by atoms with E-state index in [1.54, 1.807) is 24.3 Å². The van der Waals surface area contributed by atoms with Gasteiger partial charge in [-0.3, -0.25) is 0 Å². The number of likely N-dealkylation sites (tertiary alicyclic amines) is 1. The van der Waals surface area contributed by atoms with Crippen LogP contribution >= 0.6 is 23.2 Å². The van der Waals surface area contributed by atoms with Crippen LogP contribution in [0.5, 0.6) is 0 Å². The van der Waals surface area contributed by atoms with Crippen LogP contribution in [0.4, 0.5) is 16.4 Å². The van der Waals surface area contributed by atoms with E-state index in [0.29, 0.717) is 46.9 Å². The molecule has 2 aliphatic rings. The zero-order chi connectivity index (χ0) is 27.7. The molecule has 1 fully saturated rings. The maximum absolute atomic E-state index is 13.0. The number of rotatable bonds is 4. The second-order valence-electron chi connectivity index (χ2n) is 10.2. The Balaban J connectivity index is 1.19. The summed E-state index contributed by atoms with van der Waals surface area (Å²) < 4.78 is 0. The number of hydrogen-bond donors (Lipinski definition) is 2. The molecule has 1 spiro atoms.